The summed E-state index contributed by atoms with van der Waals surface area (Å²) in [5, 5.41) is 2.57. The molecule has 0 aromatic rings. The minimum Gasteiger partial charge on any atom is -0.464 e. The van der Waals surface area contributed by atoms with E-state index in [1.807, 2.05) is 0 Å². The van der Waals surface area contributed by atoms with Crippen LogP contribution in [0, 0.1) is 0 Å². The molecule has 108 valence electrons. The zero-order valence-electron chi connectivity index (χ0n) is 11.0. The van der Waals surface area contributed by atoms with Gasteiger partial charge in [0.25, 0.3) is 0 Å². The molecule has 0 fully saturated rings. The molecule has 0 aliphatic rings. The van der Waals surface area contributed by atoms with Crippen molar-refractivity contribution in [3.63, 3.8) is 0 Å². The Balaban J connectivity index is 4.57. The van der Waals surface area contributed by atoms with Crippen LogP contribution in [0.2, 0.25) is 0 Å². The van der Waals surface area contributed by atoms with Crippen molar-refractivity contribution >= 4 is 29.4 Å². The highest BCUT2D eigenvalue weighted by Gasteiger charge is 2.30. The number of hydrogen-bond donors (Lipinski definition) is 1. The van der Waals surface area contributed by atoms with E-state index in [4.69, 9.17) is 21.1 Å². The third-order valence-electron chi connectivity index (χ3n) is 1.97. The SMILES string of the molecule is C=C(Cl)CCC(=O)NC(C(=O)OCC)C(=O)OCC. The molecule has 1 N–H and O–H groups in total. The van der Waals surface area contributed by atoms with E-state index in [0.29, 0.717) is 5.03 Å². The zero-order chi connectivity index (χ0) is 14.8. The Morgan fingerprint density at radius 3 is 1.95 bits per heavy atom. The van der Waals surface area contributed by atoms with Crippen LogP contribution >= 0.6 is 11.6 Å². The number of nitrogens with one attached hydrogen (secondary N) is 1. The minimum atomic E-state index is -1.45. The minimum absolute atomic E-state index is 0.0254. The Morgan fingerprint density at radius 1 is 1.11 bits per heavy atom. The molecule has 0 rings (SSSR count). The third kappa shape index (κ3) is 7.46. The Morgan fingerprint density at radius 2 is 1.58 bits per heavy atom. The van der Waals surface area contributed by atoms with Crippen molar-refractivity contribution in [2.24, 2.45) is 0 Å². The van der Waals surface area contributed by atoms with Crippen LogP contribution in [0.25, 0.3) is 0 Å². The molecule has 0 saturated heterocycles. The number of allylic oxidation sites excluding steroid dienone is 1. The van der Waals surface area contributed by atoms with Gasteiger partial charge in [-0.1, -0.05) is 18.2 Å². The summed E-state index contributed by atoms with van der Waals surface area (Å²) in [4.78, 5) is 34.7. The van der Waals surface area contributed by atoms with Gasteiger partial charge in [0.05, 0.1) is 13.2 Å². The Bertz CT molecular complexity index is 338. The molecule has 7 heteroatoms. The smallest absolute Gasteiger partial charge is 0.340 e. The first-order valence-electron chi connectivity index (χ1n) is 5.88. The Hall–Kier alpha value is -1.56. The number of carbonyl (C=O) groups is 3. The number of ether oxygens (including phenoxy) is 2. The van der Waals surface area contributed by atoms with Gasteiger partial charge in [-0.3, -0.25) is 4.79 Å². The summed E-state index contributed by atoms with van der Waals surface area (Å²) >= 11 is 5.53. The van der Waals surface area contributed by atoms with Crippen molar-refractivity contribution in [3.8, 4) is 0 Å². The van der Waals surface area contributed by atoms with E-state index in [1.165, 1.54) is 0 Å². The number of rotatable bonds is 8. The van der Waals surface area contributed by atoms with E-state index in [9.17, 15) is 14.4 Å². The maximum absolute atomic E-state index is 11.6. The number of hydrogen-bond acceptors (Lipinski definition) is 5. The average molecular weight is 292 g/mol. The summed E-state index contributed by atoms with van der Waals surface area (Å²) < 4.78 is 9.40. The van der Waals surface area contributed by atoms with Gasteiger partial charge in [0.2, 0.25) is 11.9 Å². The largest absolute Gasteiger partial charge is 0.464 e. The van der Waals surface area contributed by atoms with E-state index >= 15 is 0 Å². The van der Waals surface area contributed by atoms with Gasteiger partial charge < -0.3 is 14.8 Å². The first-order valence-corrected chi connectivity index (χ1v) is 6.26. The van der Waals surface area contributed by atoms with Gasteiger partial charge >= 0.3 is 11.9 Å². The number of amides is 1. The van der Waals surface area contributed by atoms with Gasteiger partial charge in [-0.25, -0.2) is 9.59 Å². The van der Waals surface area contributed by atoms with E-state index in [1.54, 1.807) is 13.8 Å². The molecule has 0 spiro atoms. The zero-order valence-corrected chi connectivity index (χ0v) is 11.8. The van der Waals surface area contributed by atoms with Gasteiger partial charge in [-0.15, -0.1) is 0 Å². The predicted octanol–water partition coefficient (Wildman–Crippen LogP) is 1.13. The molecule has 0 aliphatic heterocycles. The van der Waals surface area contributed by atoms with Crippen molar-refractivity contribution in [2.45, 2.75) is 32.7 Å². The van der Waals surface area contributed by atoms with Crippen LogP contribution in [0.5, 0.6) is 0 Å². The van der Waals surface area contributed by atoms with Crippen LogP contribution in [0.4, 0.5) is 0 Å². The molecule has 0 aromatic heterocycles. The van der Waals surface area contributed by atoms with E-state index in [0.717, 1.165) is 0 Å². The summed E-state index contributed by atoms with van der Waals surface area (Å²) in [5.41, 5.74) is 0. The van der Waals surface area contributed by atoms with Gasteiger partial charge in [-0.2, -0.15) is 0 Å². The second kappa shape index (κ2) is 9.38. The van der Waals surface area contributed by atoms with Crippen LogP contribution in [-0.2, 0) is 23.9 Å². The highest BCUT2D eigenvalue weighted by atomic mass is 35.5. The molecule has 0 aromatic carbocycles. The second-order valence-corrected chi connectivity index (χ2v) is 4.06. The molecular weight excluding hydrogens is 274 g/mol. The lowest BCUT2D eigenvalue weighted by atomic mass is 10.2. The summed E-state index contributed by atoms with van der Waals surface area (Å²) in [5.74, 6) is -2.20. The molecule has 6 nitrogen and oxygen atoms in total. The molecule has 0 atom stereocenters. The molecular formula is C12H18ClNO5. The van der Waals surface area contributed by atoms with Gasteiger partial charge in [0.15, 0.2) is 0 Å². The fraction of sp³-hybridized carbons (Fsp3) is 0.583. The van der Waals surface area contributed by atoms with Crippen molar-refractivity contribution in [2.75, 3.05) is 13.2 Å². The van der Waals surface area contributed by atoms with Crippen LogP contribution in [-0.4, -0.2) is 37.1 Å². The second-order valence-electron chi connectivity index (χ2n) is 3.52. The average Bonchev–Trinajstić information content (AvgIpc) is 2.33. The lowest BCUT2D eigenvalue weighted by Gasteiger charge is -2.15. The summed E-state index contributed by atoms with van der Waals surface area (Å²) in [7, 11) is 0. The van der Waals surface area contributed by atoms with Gasteiger partial charge in [0, 0.05) is 11.5 Å². The van der Waals surface area contributed by atoms with Crippen molar-refractivity contribution in [1.82, 2.24) is 5.32 Å². The number of esters is 2. The fourth-order valence-electron chi connectivity index (χ4n) is 1.15. The first-order chi connectivity index (χ1) is 8.92. The highest BCUT2D eigenvalue weighted by molar-refractivity contribution is 6.29. The van der Waals surface area contributed by atoms with Crippen molar-refractivity contribution in [3.05, 3.63) is 11.6 Å². The lowest BCUT2D eigenvalue weighted by Crippen LogP contribution is -2.48. The van der Waals surface area contributed by atoms with E-state index in [2.05, 4.69) is 11.9 Å². The summed E-state index contributed by atoms with van der Waals surface area (Å²) in [6.45, 7) is 6.83. The topological polar surface area (TPSA) is 81.7 Å². The Labute approximate surface area is 117 Å². The maximum Gasteiger partial charge on any atom is 0.340 e. The molecule has 0 saturated carbocycles. The van der Waals surface area contributed by atoms with Crippen LogP contribution < -0.4 is 5.32 Å². The Kier molecular flexibility index (Phi) is 8.61. The van der Waals surface area contributed by atoms with Gasteiger partial charge in [-0.05, 0) is 20.3 Å². The first kappa shape index (κ1) is 17.4. The highest BCUT2D eigenvalue weighted by Crippen LogP contribution is 2.06. The molecule has 0 bridgehead atoms. The maximum atomic E-state index is 11.6. The molecule has 0 heterocycles. The van der Waals surface area contributed by atoms with Crippen molar-refractivity contribution in [1.29, 1.82) is 0 Å². The molecule has 0 unspecified atom stereocenters. The predicted molar refractivity (Wildman–Crippen MR) is 69.4 cm³/mol. The lowest BCUT2D eigenvalue weighted by molar-refractivity contribution is -0.159. The summed E-state index contributed by atoms with van der Waals surface area (Å²) in [6.07, 6.45) is 0.281. The summed E-state index contributed by atoms with van der Waals surface area (Å²) in [6, 6.07) is -1.45. The molecule has 0 radical (unpaired) electrons. The monoisotopic (exact) mass is 291 g/mol. The van der Waals surface area contributed by atoms with Crippen LogP contribution in [0.3, 0.4) is 0 Å². The quantitative estimate of drug-likeness (QED) is 0.535. The molecule has 0 aliphatic carbocycles. The van der Waals surface area contributed by atoms with E-state index < -0.39 is 23.9 Å². The molecule has 19 heavy (non-hydrogen) atoms. The van der Waals surface area contributed by atoms with Crippen LogP contribution in [0.1, 0.15) is 26.7 Å². The number of carbonyl (C=O) groups excluding carboxylic acids is 3. The fourth-order valence-corrected chi connectivity index (χ4v) is 1.24. The van der Waals surface area contributed by atoms with Crippen LogP contribution in [0.15, 0.2) is 11.6 Å². The standard InChI is InChI=1S/C12H18ClNO5/c1-4-18-11(16)10(12(17)19-5-2)14-9(15)7-6-8(3)13/h10H,3-7H2,1-2H3,(H,14,15). The molecule has 1 amide bonds. The van der Waals surface area contributed by atoms with Crippen molar-refractivity contribution < 1.29 is 23.9 Å². The van der Waals surface area contributed by atoms with E-state index in [-0.39, 0.29) is 26.1 Å². The number of halogens is 1. The third-order valence-corrected chi connectivity index (χ3v) is 2.16. The normalized spacial score (nSPS) is 9.89. The van der Waals surface area contributed by atoms with Gasteiger partial charge in [0.1, 0.15) is 0 Å².